The molecule has 1 aromatic heterocycles. The van der Waals surface area contributed by atoms with Crippen LogP contribution in [0.4, 0.5) is 4.79 Å². The van der Waals surface area contributed by atoms with Crippen LogP contribution in [0.1, 0.15) is 18.3 Å². The van der Waals surface area contributed by atoms with Crippen molar-refractivity contribution in [2.45, 2.75) is 32.0 Å². The van der Waals surface area contributed by atoms with Crippen LogP contribution in [-0.4, -0.2) is 68.7 Å². The molecule has 3 rings (SSSR count). The molecule has 21 heavy (non-hydrogen) atoms. The predicted molar refractivity (Wildman–Crippen MR) is 71.6 cm³/mol. The zero-order valence-electron chi connectivity index (χ0n) is 11.8. The van der Waals surface area contributed by atoms with E-state index in [0.29, 0.717) is 19.8 Å². The van der Waals surface area contributed by atoms with E-state index in [1.807, 2.05) is 6.92 Å². The van der Waals surface area contributed by atoms with Crippen molar-refractivity contribution in [1.29, 1.82) is 0 Å². The molecular formula is C13H18N4O4. The smallest absolute Gasteiger partial charge is 0.326 e. The highest BCUT2D eigenvalue weighted by molar-refractivity contribution is 5.83. The SMILES string of the molecule is CC1COCCN1C(=O)N1Cc2[nH]cnc2CC1C(=O)O. The molecule has 0 spiro atoms. The number of carbonyl (C=O) groups excluding carboxylic acids is 1. The molecule has 8 nitrogen and oxygen atoms in total. The lowest BCUT2D eigenvalue weighted by molar-refractivity contribution is -0.143. The number of imidazole rings is 1. The fraction of sp³-hybridized carbons (Fsp3) is 0.615. The number of nitrogens with zero attached hydrogens (tertiary/aromatic N) is 3. The van der Waals surface area contributed by atoms with Gasteiger partial charge in [-0.25, -0.2) is 14.6 Å². The fourth-order valence-corrected chi connectivity index (χ4v) is 2.83. The van der Waals surface area contributed by atoms with Gasteiger partial charge in [-0.15, -0.1) is 0 Å². The van der Waals surface area contributed by atoms with Gasteiger partial charge in [-0.2, -0.15) is 0 Å². The summed E-state index contributed by atoms with van der Waals surface area (Å²) in [5, 5.41) is 9.41. The first-order chi connectivity index (χ1) is 10.1. The van der Waals surface area contributed by atoms with Crippen LogP contribution in [0.15, 0.2) is 6.33 Å². The molecule has 0 aliphatic carbocycles. The molecule has 1 fully saturated rings. The molecule has 1 aromatic rings. The van der Waals surface area contributed by atoms with Gasteiger partial charge in [0.15, 0.2) is 0 Å². The normalized spacial score (nSPS) is 25.6. The highest BCUT2D eigenvalue weighted by atomic mass is 16.5. The number of nitrogens with one attached hydrogen (secondary N) is 1. The average Bonchev–Trinajstić information content (AvgIpc) is 2.93. The van der Waals surface area contributed by atoms with Crippen LogP contribution in [0, 0.1) is 0 Å². The van der Waals surface area contributed by atoms with Crippen molar-refractivity contribution in [3.05, 3.63) is 17.7 Å². The number of hydrogen-bond donors (Lipinski definition) is 2. The van der Waals surface area contributed by atoms with Gasteiger partial charge in [0.05, 0.1) is 43.5 Å². The van der Waals surface area contributed by atoms with E-state index in [2.05, 4.69) is 9.97 Å². The number of urea groups is 1. The van der Waals surface area contributed by atoms with Crippen LogP contribution >= 0.6 is 0 Å². The van der Waals surface area contributed by atoms with Gasteiger partial charge in [-0.05, 0) is 6.92 Å². The van der Waals surface area contributed by atoms with E-state index < -0.39 is 12.0 Å². The molecule has 2 unspecified atom stereocenters. The monoisotopic (exact) mass is 294 g/mol. The molecular weight excluding hydrogens is 276 g/mol. The minimum atomic E-state index is -1.00. The first-order valence-corrected chi connectivity index (χ1v) is 6.97. The second-order valence-corrected chi connectivity index (χ2v) is 5.41. The van der Waals surface area contributed by atoms with Crippen LogP contribution in [0.3, 0.4) is 0 Å². The zero-order valence-corrected chi connectivity index (χ0v) is 11.8. The number of rotatable bonds is 1. The summed E-state index contributed by atoms with van der Waals surface area (Å²) < 4.78 is 5.32. The van der Waals surface area contributed by atoms with Crippen LogP contribution in [0.2, 0.25) is 0 Å². The van der Waals surface area contributed by atoms with Gasteiger partial charge in [-0.1, -0.05) is 0 Å². The highest BCUT2D eigenvalue weighted by Gasteiger charge is 2.39. The van der Waals surface area contributed by atoms with Crippen LogP contribution in [0.25, 0.3) is 0 Å². The molecule has 114 valence electrons. The van der Waals surface area contributed by atoms with Gasteiger partial charge in [-0.3, -0.25) is 0 Å². The molecule has 0 radical (unpaired) electrons. The maximum absolute atomic E-state index is 12.7. The number of hydrogen-bond acceptors (Lipinski definition) is 4. The summed E-state index contributed by atoms with van der Waals surface area (Å²) in [6.07, 6.45) is 1.77. The van der Waals surface area contributed by atoms with Crippen molar-refractivity contribution >= 4 is 12.0 Å². The molecule has 2 aliphatic heterocycles. The molecule has 0 saturated carbocycles. The van der Waals surface area contributed by atoms with E-state index in [1.165, 1.54) is 11.2 Å². The van der Waals surface area contributed by atoms with E-state index >= 15 is 0 Å². The molecule has 0 aromatic carbocycles. The Labute approximate surface area is 121 Å². The summed E-state index contributed by atoms with van der Waals surface area (Å²) >= 11 is 0. The van der Waals surface area contributed by atoms with E-state index in [9.17, 15) is 14.7 Å². The summed E-state index contributed by atoms with van der Waals surface area (Å²) in [7, 11) is 0. The van der Waals surface area contributed by atoms with Crippen molar-refractivity contribution in [1.82, 2.24) is 19.8 Å². The minimum absolute atomic E-state index is 0.0520. The van der Waals surface area contributed by atoms with Gasteiger partial charge in [0, 0.05) is 13.0 Å². The number of ether oxygens (including phenoxy) is 1. The Morgan fingerprint density at radius 1 is 1.48 bits per heavy atom. The van der Waals surface area contributed by atoms with Crippen molar-refractivity contribution < 1.29 is 19.4 Å². The largest absolute Gasteiger partial charge is 0.480 e. The summed E-state index contributed by atoms with van der Waals surface area (Å²) in [5.74, 6) is -1.00. The second-order valence-electron chi connectivity index (χ2n) is 5.41. The van der Waals surface area contributed by atoms with Crippen molar-refractivity contribution in [3.63, 3.8) is 0 Å². The lowest BCUT2D eigenvalue weighted by Crippen LogP contribution is -2.57. The molecule has 2 aliphatic rings. The number of amides is 2. The summed E-state index contributed by atoms with van der Waals surface area (Å²) in [5.41, 5.74) is 1.53. The highest BCUT2D eigenvalue weighted by Crippen LogP contribution is 2.23. The van der Waals surface area contributed by atoms with Gasteiger partial charge in [0.2, 0.25) is 0 Å². The van der Waals surface area contributed by atoms with Gasteiger partial charge in [0.1, 0.15) is 6.04 Å². The lowest BCUT2D eigenvalue weighted by Gasteiger charge is -2.40. The third-order valence-corrected chi connectivity index (χ3v) is 4.04. The quantitative estimate of drug-likeness (QED) is 0.763. The fourth-order valence-electron chi connectivity index (χ4n) is 2.83. The Hall–Kier alpha value is -2.09. The Bertz CT molecular complexity index is 558. The molecule has 3 heterocycles. The number of carboxylic acids is 1. The first kappa shape index (κ1) is 13.9. The number of morpholine rings is 1. The molecule has 2 amide bonds. The Balaban J connectivity index is 1.84. The third kappa shape index (κ3) is 2.46. The third-order valence-electron chi connectivity index (χ3n) is 4.04. The molecule has 2 atom stereocenters. The summed E-state index contributed by atoms with van der Waals surface area (Å²) in [4.78, 5) is 34.4. The van der Waals surface area contributed by atoms with E-state index in [4.69, 9.17) is 4.74 Å². The zero-order chi connectivity index (χ0) is 15.0. The Morgan fingerprint density at radius 2 is 2.29 bits per heavy atom. The van der Waals surface area contributed by atoms with E-state index in [0.717, 1.165) is 11.4 Å². The first-order valence-electron chi connectivity index (χ1n) is 6.97. The number of H-pyrrole nitrogens is 1. The molecule has 1 saturated heterocycles. The number of aromatic nitrogens is 2. The van der Waals surface area contributed by atoms with Crippen LogP contribution < -0.4 is 0 Å². The van der Waals surface area contributed by atoms with E-state index in [-0.39, 0.29) is 25.0 Å². The Morgan fingerprint density at radius 3 is 3.00 bits per heavy atom. The van der Waals surface area contributed by atoms with Crippen LogP contribution in [0.5, 0.6) is 0 Å². The topological polar surface area (TPSA) is 98.8 Å². The number of aromatic amines is 1. The van der Waals surface area contributed by atoms with Crippen LogP contribution in [-0.2, 0) is 22.5 Å². The van der Waals surface area contributed by atoms with Gasteiger partial charge < -0.3 is 24.6 Å². The maximum atomic E-state index is 12.7. The average molecular weight is 294 g/mol. The maximum Gasteiger partial charge on any atom is 0.326 e. The summed E-state index contributed by atoms with van der Waals surface area (Å²) in [6.45, 7) is 3.59. The predicted octanol–water partition coefficient (Wildman–Crippen LogP) is 0.0617. The van der Waals surface area contributed by atoms with Crippen molar-refractivity contribution in [2.75, 3.05) is 19.8 Å². The molecule has 8 heteroatoms. The minimum Gasteiger partial charge on any atom is -0.480 e. The van der Waals surface area contributed by atoms with Gasteiger partial charge in [0.25, 0.3) is 0 Å². The summed E-state index contributed by atoms with van der Waals surface area (Å²) in [6, 6.07) is -1.18. The van der Waals surface area contributed by atoms with E-state index in [1.54, 1.807) is 4.90 Å². The Kier molecular flexibility index (Phi) is 3.54. The number of fused-ring (bicyclic) bond motifs is 1. The van der Waals surface area contributed by atoms with Crippen molar-refractivity contribution in [2.24, 2.45) is 0 Å². The lowest BCUT2D eigenvalue weighted by atomic mass is 10.0. The molecule has 2 N–H and O–H groups in total. The number of carboxylic acid groups (broad SMARTS) is 1. The second kappa shape index (κ2) is 5.36. The molecule has 0 bridgehead atoms. The number of carbonyl (C=O) groups is 2. The standard InChI is InChI=1S/C13H18N4O4/c1-8-6-21-3-2-16(8)13(20)17-5-10-9(14-7-15-10)4-11(17)12(18)19/h7-8,11H,2-6H2,1H3,(H,14,15)(H,18,19). The van der Waals surface area contributed by atoms with Crippen molar-refractivity contribution in [3.8, 4) is 0 Å². The van der Waals surface area contributed by atoms with Gasteiger partial charge >= 0.3 is 12.0 Å². The number of aliphatic carboxylic acids is 1.